The summed E-state index contributed by atoms with van der Waals surface area (Å²) < 4.78 is 6.59. The van der Waals surface area contributed by atoms with Gasteiger partial charge in [-0.1, -0.05) is 0 Å². The lowest BCUT2D eigenvalue weighted by molar-refractivity contribution is 0.102. The second kappa shape index (κ2) is 5.62. The molecule has 7 nitrogen and oxygen atoms in total. The van der Waals surface area contributed by atoms with E-state index in [9.17, 15) is 9.90 Å². The van der Waals surface area contributed by atoms with Crippen LogP contribution < -0.4 is 15.8 Å². The average Bonchev–Trinajstić information content (AvgIpc) is 2.79. The van der Waals surface area contributed by atoms with Crippen LogP contribution in [0.1, 0.15) is 15.9 Å². The van der Waals surface area contributed by atoms with Crippen LogP contribution in [0.15, 0.2) is 24.4 Å². The quantitative estimate of drug-likeness (QED) is 0.768. The zero-order valence-electron chi connectivity index (χ0n) is 11.3. The number of amides is 1. The van der Waals surface area contributed by atoms with Gasteiger partial charge in [-0.3, -0.25) is 9.48 Å². The van der Waals surface area contributed by atoms with Crippen LogP contribution in [0.5, 0.6) is 11.5 Å². The van der Waals surface area contributed by atoms with Crippen molar-refractivity contribution in [2.24, 2.45) is 12.8 Å². The van der Waals surface area contributed by atoms with Crippen LogP contribution in [-0.4, -0.2) is 27.9 Å². The number of nitrogens with zero attached hydrogens (tertiary/aromatic N) is 2. The molecule has 0 saturated heterocycles. The van der Waals surface area contributed by atoms with Crippen molar-refractivity contribution in [3.8, 4) is 11.5 Å². The Balaban J connectivity index is 2.27. The molecule has 106 valence electrons. The molecule has 1 aromatic carbocycles. The Kier molecular flexibility index (Phi) is 3.90. The monoisotopic (exact) mass is 276 g/mol. The maximum Gasteiger partial charge on any atom is 0.260 e. The van der Waals surface area contributed by atoms with Gasteiger partial charge >= 0.3 is 0 Å². The molecular weight excluding hydrogens is 260 g/mol. The third kappa shape index (κ3) is 2.72. The Morgan fingerprint density at radius 3 is 2.95 bits per heavy atom. The molecule has 7 heteroatoms. The third-order valence-electron chi connectivity index (χ3n) is 2.80. The summed E-state index contributed by atoms with van der Waals surface area (Å²) >= 11 is 0. The summed E-state index contributed by atoms with van der Waals surface area (Å²) in [5.41, 5.74) is 6.40. The fourth-order valence-corrected chi connectivity index (χ4v) is 1.79. The minimum atomic E-state index is -0.477. The number of rotatable bonds is 4. The first-order chi connectivity index (χ1) is 9.55. The zero-order chi connectivity index (χ0) is 14.7. The number of carbonyl (C=O) groups is 1. The van der Waals surface area contributed by atoms with E-state index in [4.69, 9.17) is 10.5 Å². The number of phenols is 1. The number of hydrogen-bond acceptors (Lipinski definition) is 5. The van der Waals surface area contributed by atoms with E-state index >= 15 is 0 Å². The predicted octanol–water partition coefficient (Wildman–Crippen LogP) is 0.845. The smallest absolute Gasteiger partial charge is 0.260 e. The van der Waals surface area contributed by atoms with E-state index in [2.05, 4.69) is 10.4 Å². The summed E-state index contributed by atoms with van der Waals surface area (Å²) in [6, 6.07) is 4.42. The molecule has 0 bridgehead atoms. The van der Waals surface area contributed by atoms with Gasteiger partial charge < -0.3 is 20.9 Å². The summed E-state index contributed by atoms with van der Waals surface area (Å²) in [5, 5.41) is 16.5. The van der Waals surface area contributed by atoms with Gasteiger partial charge in [0.25, 0.3) is 5.91 Å². The fourth-order valence-electron chi connectivity index (χ4n) is 1.79. The van der Waals surface area contributed by atoms with E-state index in [0.29, 0.717) is 17.1 Å². The Bertz CT molecular complexity index is 637. The summed E-state index contributed by atoms with van der Waals surface area (Å²) in [6.07, 6.45) is 1.72. The highest BCUT2D eigenvalue weighted by atomic mass is 16.5. The predicted molar refractivity (Wildman–Crippen MR) is 73.7 cm³/mol. The highest BCUT2D eigenvalue weighted by Crippen LogP contribution is 2.24. The molecule has 0 aliphatic rings. The number of carbonyl (C=O) groups excluding carboxylic acids is 1. The van der Waals surface area contributed by atoms with Gasteiger partial charge in [0.1, 0.15) is 11.5 Å². The molecule has 0 atom stereocenters. The van der Waals surface area contributed by atoms with Gasteiger partial charge in [-0.15, -0.1) is 0 Å². The number of aryl methyl sites for hydroxylation is 1. The Morgan fingerprint density at radius 1 is 1.55 bits per heavy atom. The van der Waals surface area contributed by atoms with Gasteiger partial charge in [0.2, 0.25) is 0 Å². The number of nitrogens with one attached hydrogen (secondary N) is 1. The summed E-state index contributed by atoms with van der Waals surface area (Å²) in [4.78, 5) is 12.2. The minimum absolute atomic E-state index is 0.109. The Labute approximate surface area is 116 Å². The number of nitrogens with two attached hydrogens (primary N) is 1. The van der Waals surface area contributed by atoms with E-state index in [1.165, 1.54) is 19.2 Å². The van der Waals surface area contributed by atoms with E-state index in [1.54, 1.807) is 24.0 Å². The van der Waals surface area contributed by atoms with E-state index < -0.39 is 5.91 Å². The lowest BCUT2D eigenvalue weighted by atomic mass is 10.1. The highest BCUT2D eigenvalue weighted by molar-refractivity contribution is 6.06. The summed E-state index contributed by atoms with van der Waals surface area (Å²) in [7, 11) is 3.22. The number of aromatic nitrogens is 2. The van der Waals surface area contributed by atoms with Crippen LogP contribution in [0.25, 0.3) is 0 Å². The average molecular weight is 276 g/mol. The molecule has 0 fully saturated rings. The molecule has 4 N–H and O–H groups in total. The summed E-state index contributed by atoms with van der Waals surface area (Å²) in [6.45, 7) is 0.257. The normalized spacial score (nSPS) is 10.3. The van der Waals surface area contributed by atoms with E-state index in [1.807, 2.05) is 0 Å². The van der Waals surface area contributed by atoms with Crippen molar-refractivity contribution in [1.29, 1.82) is 0 Å². The molecule has 2 rings (SSSR count). The SMILES string of the molecule is COc1ccc(O)c(C(=O)Nc2nn(C)cc2CN)c1. The van der Waals surface area contributed by atoms with Crippen molar-refractivity contribution in [2.75, 3.05) is 12.4 Å². The van der Waals surface area contributed by atoms with Gasteiger partial charge in [0, 0.05) is 25.4 Å². The maximum absolute atomic E-state index is 12.2. The highest BCUT2D eigenvalue weighted by Gasteiger charge is 2.16. The van der Waals surface area contributed by atoms with Crippen LogP contribution in [0.3, 0.4) is 0 Å². The van der Waals surface area contributed by atoms with Crippen LogP contribution >= 0.6 is 0 Å². The molecule has 0 aliphatic carbocycles. The second-order valence-electron chi connectivity index (χ2n) is 4.22. The lowest BCUT2D eigenvalue weighted by Gasteiger charge is -2.07. The summed E-state index contributed by atoms with van der Waals surface area (Å²) in [5.74, 6) is 0.249. The fraction of sp³-hybridized carbons (Fsp3) is 0.231. The van der Waals surface area contributed by atoms with Gasteiger partial charge in [-0.2, -0.15) is 5.10 Å². The molecule has 0 unspecified atom stereocenters. The van der Waals surface area contributed by atoms with Crippen molar-refractivity contribution >= 4 is 11.7 Å². The molecule has 1 heterocycles. The first-order valence-electron chi connectivity index (χ1n) is 5.96. The molecule has 1 aromatic heterocycles. The van der Waals surface area contributed by atoms with Crippen molar-refractivity contribution < 1.29 is 14.6 Å². The van der Waals surface area contributed by atoms with Gasteiger partial charge in [0.15, 0.2) is 5.82 Å². The van der Waals surface area contributed by atoms with Crippen LogP contribution in [0.2, 0.25) is 0 Å². The minimum Gasteiger partial charge on any atom is -0.507 e. The Hall–Kier alpha value is -2.54. The van der Waals surface area contributed by atoms with E-state index in [0.717, 1.165) is 0 Å². The van der Waals surface area contributed by atoms with Gasteiger partial charge in [0.05, 0.1) is 12.7 Å². The number of methoxy groups -OCH3 is 1. The topological polar surface area (TPSA) is 102 Å². The number of phenolic OH excluding ortho intramolecular Hbond substituents is 1. The van der Waals surface area contributed by atoms with Crippen molar-refractivity contribution in [2.45, 2.75) is 6.54 Å². The molecular formula is C13H16N4O3. The van der Waals surface area contributed by atoms with Gasteiger partial charge in [-0.05, 0) is 18.2 Å². The number of benzene rings is 1. The first kappa shape index (κ1) is 13.9. The Morgan fingerprint density at radius 2 is 2.30 bits per heavy atom. The molecule has 2 aromatic rings. The third-order valence-corrected chi connectivity index (χ3v) is 2.80. The molecule has 1 amide bonds. The van der Waals surface area contributed by atoms with Crippen molar-refractivity contribution in [3.63, 3.8) is 0 Å². The van der Waals surface area contributed by atoms with Crippen molar-refractivity contribution in [1.82, 2.24) is 9.78 Å². The first-order valence-corrected chi connectivity index (χ1v) is 5.96. The molecule has 0 radical (unpaired) electrons. The van der Waals surface area contributed by atoms with Crippen molar-refractivity contribution in [3.05, 3.63) is 35.5 Å². The number of anilines is 1. The molecule has 0 saturated carbocycles. The van der Waals surface area contributed by atoms with Crippen LogP contribution in [-0.2, 0) is 13.6 Å². The standard InChI is InChI=1S/C13H16N4O3/c1-17-7-8(6-14)12(16-17)15-13(19)10-5-9(20-2)3-4-11(10)18/h3-5,7,18H,6,14H2,1-2H3,(H,15,16,19). The molecule has 0 spiro atoms. The number of hydrogen-bond donors (Lipinski definition) is 3. The van der Waals surface area contributed by atoms with Gasteiger partial charge in [-0.25, -0.2) is 0 Å². The maximum atomic E-state index is 12.2. The van der Waals surface area contributed by atoms with Crippen LogP contribution in [0, 0.1) is 0 Å². The zero-order valence-corrected chi connectivity index (χ0v) is 11.3. The van der Waals surface area contributed by atoms with Crippen LogP contribution in [0.4, 0.5) is 5.82 Å². The number of aromatic hydroxyl groups is 1. The largest absolute Gasteiger partial charge is 0.507 e. The van der Waals surface area contributed by atoms with E-state index in [-0.39, 0.29) is 17.9 Å². The number of ether oxygens (including phenoxy) is 1. The molecule has 20 heavy (non-hydrogen) atoms. The molecule has 0 aliphatic heterocycles. The lowest BCUT2D eigenvalue weighted by Crippen LogP contribution is -2.14. The second-order valence-corrected chi connectivity index (χ2v) is 4.22.